The minimum absolute atomic E-state index is 0.0204. The molecule has 34 heavy (non-hydrogen) atoms. The Bertz CT molecular complexity index is 781. The van der Waals surface area contributed by atoms with Crippen molar-refractivity contribution < 1.29 is 29.0 Å². The zero-order chi connectivity index (χ0) is 25.6. The maximum atomic E-state index is 12.9. The number of carbonyl (C=O) groups is 4. The topological polar surface area (TPSA) is 172 Å². The number of piperazine rings is 1. The van der Waals surface area contributed by atoms with Crippen molar-refractivity contribution in [3.05, 3.63) is 0 Å². The number of ether oxygens (including phenoxy) is 1. The van der Waals surface area contributed by atoms with Crippen LogP contribution >= 0.6 is 0 Å². The number of amides is 4. The fourth-order valence-electron chi connectivity index (χ4n) is 4.48. The van der Waals surface area contributed by atoms with Gasteiger partial charge in [0.2, 0.25) is 5.91 Å². The number of carboxylic acid groups (broad SMARTS) is 1. The predicted molar refractivity (Wildman–Crippen MR) is 125 cm³/mol. The van der Waals surface area contributed by atoms with Gasteiger partial charge in [-0.1, -0.05) is 34.1 Å². The SMILES string of the molecule is CC(C)C(OC(=O)N1CCN(C(=O)N2C(=O)[C@H](CCCCN=C(N)N)[C@H]2C(=O)O)CC1)C(C)C. The zero-order valence-corrected chi connectivity index (χ0v) is 20.5. The number of aliphatic carboxylic acids is 1. The van der Waals surface area contributed by atoms with E-state index >= 15 is 0 Å². The first-order valence-electron chi connectivity index (χ1n) is 11.8. The van der Waals surface area contributed by atoms with E-state index < -0.39 is 36.0 Å². The molecule has 192 valence electrons. The number of nitrogens with zero attached hydrogens (tertiary/aromatic N) is 4. The van der Waals surface area contributed by atoms with Gasteiger partial charge in [0, 0.05) is 32.7 Å². The van der Waals surface area contributed by atoms with E-state index in [1.54, 1.807) is 0 Å². The van der Waals surface area contributed by atoms with Crippen molar-refractivity contribution >= 4 is 30.0 Å². The molecular weight excluding hydrogens is 444 g/mol. The molecule has 2 aliphatic heterocycles. The summed E-state index contributed by atoms with van der Waals surface area (Å²) in [6.07, 6.45) is 0.871. The van der Waals surface area contributed by atoms with Gasteiger partial charge in [0.05, 0.1) is 5.92 Å². The van der Waals surface area contributed by atoms with Crippen LogP contribution in [0.1, 0.15) is 47.0 Å². The third-order valence-electron chi connectivity index (χ3n) is 6.25. The minimum Gasteiger partial charge on any atom is -0.480 e. The summed E-state index contributed by atoms with van der Waals surface area (Å²) in [5.41, 5.74) is 10.5. The molecule has 0 spiro atoms. The lowest BCUT2D eigenvalue weighted by atomic mass is 9.83. The second-order valence-corrected chi connectivity index (χ2v) is 9.49. The monoisotopic (exact) mass is 482 g/mol. The van der Waals surface area contributed by atoms with E-state index in [9.17, 15) is 24.3 Å². The highest BCUT2D eigenvalue weighted by molar-refractivity contribution is 6.07. The number of hydrogen-bond acceptors (Lipinski definition) is 6. The molecule has 12 nitrogen and oxygen atoms in total. The molecule has 0 bridgehead atoms. The number of nitrogens with two attached hydrogens (primary N) is 2. The molecule has 2 saturated heterocycles. The zero-order valence-electron chi connectivity index (χ0n) is 20.5. The lowest BCUT2D eigenvalue weighted by Gasteiger charge is -2.46. The number of guanidine groups is 1. The Balaban J connectivity index is 1.89. The maximum absolute atomic E-state index is 12.9. The number of carbonyl (C=O) groups excluding carboxylic acids is 3. The molecule has 2 heterocycles. The Morgan fingerprint density at radius 3 is 2.09 bits per heavy atom. The minimum atomic E-state index is -1.21. The largest absolute Gasteiger partial charge is 0.480 e. The highest BCUT2D eigenvalue weighted by atomic mass is 16.6. The van der Waals surface area contributed by atoms with Gasteiger partial charge in [-0.2, -0.15) is 0 Å². The molecular formula is C22H38N6O6. The number of aliphatic imine (C=N–C) groups is 1. The fraction of sp³-hybridized carbons (Fsp3) is 0.773. The molecule has 5 N–H and O–H groups in total. The van der Waals surface area contributed by atoms with Crippen LogP contribution in [0.25, 0.3) is 0 Å². The number of imide groups is 1. The molecule has 4 amide bonds. The van der Waals surface area contributed by atoms with Gasteiger partial charge >= 0.3 is 18.1 Å². The Morgan fingerprint density at radius 1 is 1.03 bits per heavy atom. The lowest BCUT2D eigenvalue weighted by molar-refractivity contribution is -0.167. The van der Waals surface area contributed by atoms with E-state index in [0.717, 1.165) is 4.90 Å². The van der Waals surface area contributed by atoms with Gasteiger partial charge in [-0.05, 0) is 24.7 Å². The van der Waals surface area contributed by atoms with Gasteiger partial charge in [-0.15, -0.1) is 0 Å². The van der Waals surface area contributed by atoms with E-state index in [2.05, 4.69) is 4.99 Å². The van der Waals surface area contributed by atoms with Crippen LogP contribution in [-0.4, -0.2) is 94.6 Å². The van der Waals surface area contributed by atoms with Crippen LogP contribution in [0.2, 0.25) is 0 Å². The number of unbranched alkanes of at least 4 members (excludes halogenated alkanes) is 1. The summed E-state index contributed by atoms with van der Waals surface area (Å²) < 4.78 is 5.66. The Hall–Kier alpha value is -3.05. The summed E-state index contributed by atoms with van der Waals surface area (Å²) in [5.74, 6) is -2.11. The number of urea groups is 1. The standard InChI is InChI=1S/C22H38N6O6/c1-13(2)17(14(3)4)34-22(33)27-11-9-26(10-12-27)21(32)28-16(19(30)31)15(18(28)29)7-5-6-8-25-20(23)24/h13-17H,5-12H2,1-4H3,(H,30,31)(H4,23,24,25)/t15-,16+/m1/s1. The molecule has 0 aliphatic carbocycles. The van der Waals surface area contributed by atoms with Crippen LogP contribution in [0.3, 0.4) is 0 Å². The van der Waals surface area contributed by atoms with Gasteiger partial charge in [-0.25, -0.2) is 19.3 Å². The van der Waals surface area contributed by atoms with Gasteiger partial charge < -0.3 is 31.1 Å². The summed E-state index contributed by atoms with van der Waals surface area (Å²) in [6.45, 7) is 9.27. The van der Waals surface area contributed by atoms with E-state index in [-0.39, 0.29) is 50.1 Å². The molecule has 0 saturated carbocycles. The number of likely N-dealkylation sites (tertiary alicyclic amines) is 1. The average molecular weight is 483 g/mol. The Morgan fingerprint density at radius 2 is 1.59 bits per heavy atom. The van der Waals surface area contributed by atoms with Crippen molar-refractivity contribution in [2.24, 2.45) is 34.2 Å². The summed E-state index contributed by atoms with van der Waals surface area (Å²) >= 11 is 0. The van der Waals surface area contributed by atoms with Crippen LogP contribution in [0.15, 0.2) is 4.99 Å². The van der Waals surface area contributed by atoms with Crippen LogP contribution in [0.5, 0.6) is 0 Å². The Labute approximate surface area is 200 Å². The summed E-state index contributed by atoms with van der Waals surface area (Å²) in [4.78, 5) is 57.5. The van der Waals surface area contributed by atoms with Crippen LogP contribution < -0.4 is 11.5 Å². The van der Waals surface area contributed by atoms with Gasteiger partial charge in [0.1, 0.15) is 6.10 Å². The van der Waals surface area contributed by atoms with Crippen LogP contribution in [-0.2, 0) is 14.3 Å². The van der Waals surface area contributed by atoms with Gasteiger partial charge in [0.25, 0.3) is 0 Å². The molecule has 0 aromatic carbocycles. The Kier molecular flexibility index (Phi) is 9.51. The first-order valence-corrected chi connectivity index (χ1v) is 11.8. The smallest absolute Gasteiger partial charge is 0.410 e. The molecule has 0 unspecified atom stereocenters. The molecule has 2 rings (SSSR count). The molecule has 0 aromatic rings. The third-order valence-corrected chi connectivity index (χ3v) is 6.25. The quantitative estimate of drug-likeness (QED) is 0.188. The van der Waals surface area contributed by atoms with Crippen molar-refractivity contribution in [2.75, 3.05) is 32.7 Å². The predicted octanol–water partition coefficient (Wildman–Crippen LogP) is 0.897. The van der Waals surface area contributed by atoms with Crippen molar-refractivity contribution in [1.82, 2.24) is 14.7 Å². The summed E-state index contributed by atoms with van der Waals surface area (Å²) in [5, 5.41) is 9.61. The molecule has 2 atom stereocenters. The van der Waals surface area contributed by atoms with Crippen LogP contribution in [0.4, 0.5) is 9.59 Å². The first kappa shape index (κ1) is 27.2. The second kappa shape index (κ2) is 11.9. The number of carboxylic acids is 1. The van der Waals surface area contributed by atoms with Crippen molar-refractivity contribution in [3.8, 4) is 0 Å². The maximum Gasteiger partial charge on any atom is 0.410 e. The van der Waals surface area contributed by atoms with E-state index in [1.165, 1.54) is 9.80 Å². The first-order chi connectivity index (χ1) is 16.0. The number of β-lactam (4-membered cyclic amide) rings is 1. The van der Waals surface area contributed by atoms with Gasteiger partial charge in [-0.3, -0.25) is 9.79 Å². The summed E-state index contributed by atoms with van der Waals surface area (Å²) in [6, 6.07) is -1.83. The average Bonchev–Trinajstić information content (AvgIpc) is 2.76. The van der Waals surface area contributed by atoms with Crippen molar-refractivity contribution in [3.63, 3.8) is 0 Å². The van der Waals surface area contributed by atoms with E-state index in [4.69, 9.17) is 16.2 Å². The fourth-order valence-corrected chi connectivity index (χ4v) is 4.48. The number of hydrogen-bond donors (Lipinski definition) is 3. The second-order valence-electron chi connectivity index (χ2n) is 9.49. The van der Waals surface area contributed by atoms with Crippen LogP contribution in [0, 0.1) is 17.8 Å². The lowest BCUT2D eigenvalue weighted by Crippen LogP contribution is -2.69. The van der Waals surface area contributed by atoms with Crippen molar-refractivity contribution in [2.45, 2.75) is 59.1 Å². The summed E-state index contributed by atoms with van der Waals surface area (Å²) in [7, 11) is 0. The molecule has 12 heteroatoms. The molecule has 0 radical (unpaired) electrons. The molecule has 2 aliphatic rings. The van der Waals surface area contributed by atoms with E-state index in [1.807, 2.05) is 27.7 Å². The normalized spacial score (nSPS) is 20.6. The third kappa shape index (κ3) is 6.51. The van der Waals surface area contributed by atoms with Gasteiger partial charge in [0.15, 0.2) is 12.0 Å². The molecule has 0 aromatic heterocycles. The number of rotatable bonds is 9. The highest BCUT2D eigenvalue weighted by Gasteiger charge is 2.55. The van der Waals surface area contributed by atoms with E-state index in [0.29, 0.717) is 25.8 Å². The van der Waals surface area contributed by atoms with Crippen molar-refractivity contribution in [1.29, 1.82) is 0 Å². The molecule has 2 fully saturated rings. The highest BCUT2D eigenvalue weighted by Crippen LogP contribution is 2.32.